The molecule has 0 unspecified atom stereocenters. The maximum atomic E-state index is 13.7. The molecule has 32 heavy (non-hydrogen) atoms. The van der Waals surface area contributed by atoms with E-state index in [2.05, 4.69) is 5.16 Å². The predicted molar refractivity (Wildman–Crippen MR) is 114 cm³/mol. The summed E-state index contributed by atoms with van der Waals surface area (Å²) in [6.07, 6.45) is 1.53. The van der Waals surface area contributed by atoms with Crippen LogP contribution < -0.4 is 9.47 Å². The molecule has 164 valence electrons. The normalized spacial score (nSPS) is 10.7. The van der Waals surface area contributed by atoms with Gasteiger partial charge in [0.2, 0.25) is 0 Å². The molecule has 0 bridgehead atoms. The molecule has 0 saturated carbocycles. The van der Waals surface area contributed by atoms with E-state index in [0.717, 1.165) is 0 Å². The van der Waals surface area contributed by atoms with E-state index in [1.807, 2.05) is 0 Å². The van der Waals surface area contributed by atoms with Gasteiger partial charge in [0.25, 0.3) is 5.91 Å². The van der Waals surface area contributed by atoms with E-state index in [1.165, 1.54) is 29.4 Å². The summed E-state index contributed by atoms with van der Waals surface area (Å²) in [5, 5.41) is 4.12. The Kier molecular flexibility index (Phi) is 6.21. The van der Waals surface area contributed by atoms with Crippen LogP contribution in [-0.2, 0) is 13.1 Å². The Hall–Kier alpha value is -4.07. The van der Waals surface area contributed by atoms with Crippen LogP contribution in [0.3, 0.4) is 0 Å². The van der Waals surface area contributed by atoms with E-state index < -0.39 is 5.82 Å². The van der Waals surface area contributed by atoms with Gasteiger partial charge in [-0.2, -0.15) is 0 Å². The molecule has 0 radical (unpaired) electrons. The van der Waals surface area contributed by atoms with Crippen LogP contribution in [0.5, 0.6) is 11.5 Å². The van der Waals surface area contributed by atoms with Crippen LogP contribution in [0.4, 0.5) is 4.39 Å². The van der Waals surface area contributed by atoms with Crippen molar-refractivity contribution >= 4 is 5.91 Å². The number of methoxy groups -OCH3 is 2. The van der Waals surface area contributed by atoms with Crippen LogP contribution in [0, 0.1) is 5.82 Å². The van der Waals surface area contributed by atoms with Gasteiger partial charge in [-0.25, -0.2) is 4.39 Å². The monoisotopic (exact) mass is 436 g/mol. The van der Waals surface area contributed by atoms with E-state index in [9.17, 15) is 9.18 Å². The van der Waals surface area contributed by atoms with Gasteiger partial charge in [0.1, 0.15) is 28.8 Å². The Balaban J connectivity index is 1.62. The second kappa shape index (κ2) is 9.38. The Morgan fingerprint density at radius 2 is 1.91 bits per heavy atom. The summed E-state index contributed by atoms with van der Waals surface area (Å²) in [5.41, 5.74) is 1.41. The molecule has 7 nitrogen and oxygen atoms in total. The molecule has 0 fully saturated rings. The van der Waals surface area contributed by atoms with Crippen molar-refractivity contribution in [1.82, 2.24) is 10.1 Å². The third kappa shape index (κ3) is 4.64. The van der Waals surface area contributed by atoms with Crippen LogP contribution in [0.2, 0.25) is 0 Å². The first-order valence-electron chi connectivity index (χ1n) is 9.82. The van der Waals surface area contributed by atoms with Gasteiger partial charge in [0.15, 0.2) is 5.76 Å². The van der Waals surface area contributed by atoms with Crippen LogP contribution in [0.25, 0.3) is 11.3 Å². The molecule has 0 aliphatic rings. The molecule has 0 N–H and O–H groups in total. The van der Waals surface area contributed by atoms with E-state index >= 15 is 0 Å². The number of aromatic nitrogens is 1. The lowest BCUT2D eigenvalue weighted by molar-refractivity contribution is 0.0713. The molecule has 2 heterocycles. The minimum Gasteiger partial charge on any atom is -0.497 e. The summed E-state index contributed by atoms with van der Waals surface area (Å²) in [7, 11) is 3.13. The Morgan fingerprint density at radius 3 is 2.62 bits per heavy atom. The van der Waals surface area contributed by atoms with E-state index in [1.54, 1.807) is 56.7 Å². The average Bonchev–Trinajstić information content (AvgIpc) is 3.50. The average molecular weight is 436 g/mol. The fraction of sp³-hybridized carbons (Fsp3) is 0.167. The summed E-state index contributed by atoms with van der Waals surface area (Å²) < 4.78 is 35.3. The number of hydrogen-bond donors (Lipinski definition) is 0. The van der Waals surface area contributed by atoms with E-state index in [0.29, 0.717) is 34.3 Å². The predicted octanol–water partition coefficient (Wildman–Crippen LogP) is 4.93. The highest BCUT2D eigenvalue weighted by atomic mass is 19.1. The summed E-state index contributed by atoms with van der Waals surface area (Å²) in [4.78, 5) is 14.6. The van der Waals surface area contributed by atoms with Gasteiger partial charge >= 0.3 is 0 Å². The third-order valence-electron chi connectivity index (χ3n) is 4.87. The second-order valence-electron chi connectivity index (χ2n) is 7.00. The smallest absolute Gasteiger partial charge is 0.254 e. The largest absolute Gasteiger partial charge is 0.497 e. The first kappa shape index (κ1) is 21.2. The molecule has 0 aliphatic heterocycles. The minimum atomic E-state index is -0.484. The van der Waals surface area contributed by atoms with Crippen LogP contribution in [-0.4, -0.2) is 30.2 Å². The number of rotatable bonds is 8. The number of amides is 1. The lowest BCUT2D eigenvalue weighted by Gasteiger charge is -2.20. The molecule has 2 aromatic heterocycles. The Labute approximate surface area is 184 Å². The number of carbonyl (C=O) groups is 1. The van der Waals surface area contributed by atoms with Crippen molar-refractivity contribution < 1.29 is 27.6 Å². The van der Waals surface area contributed by atoms with Crippen molar-refractivity contribution in [3.63, 3.8) is 0 Å². The van der Waals surface area contributed by atoms with Crippen LogP contribution >= 0.6 is 0 Å². The standard InChI is InChI=1S/C24H21FN2O5/c1-29-19-8-9-22(30-2)21(13-19)23-12-18(26-32-23)14-27(15-20-7-4-10-31-20)24(28)16-5-3-6-17(25)11-16/h3-13H,14-15H2,1-2H3. The zero-order chi connectivity index (χ0) is 22.5. The quantitative estimate of drug-likeness (QED) is 0.390. The highest BCUT2D eigenvalue weighted by molar-refractivity contribution is 5.94. The van der Waals surface area contributed by atoms with E-state index in [4.69, 9.17) is 18.4 Å². The Morgan fingerprint density at radius 1 is 1.03 bits per heavy atom. The van der Waals surface area contributed by atoms with Crippen molar-refractivity contribution in [3.8, 4) is 22.8 Å². The molecule has 4 rings (SSSR count). The van der Waals surface area contributed by atoms with Crippen molar-refractivity contribution in [2.24, 2.45) is 0 Å². The highest BCUT2D eigenvalue weighted by Crippen LogP contribution is 2.34. The number of benzene rings is 2. The summed E-state index contributed by atoms with van der Waals surface area (Å²) in [6.45, 7) is 0.318. The minimum absolute atomic E-state index is 0.131. The first-order valence-corrected chi connectivity index (χ1v) is 9.82. The van der Waals surface area contributed by atoms with Crippen molar-refractivity contribution in [1.29, 1.82) is 0 Å². The number of carbonyl (C=O) groups excluding carboxylic acids is 1. The summed E-state index contributed by atoms with van der Waals surface area (Å²) in [5.74, 6) is 1.45. The van der Waals surface area contributed by atoms with Crippen LogP contribution in [0.1, 0.15) is 21.8 Å². The van der Waals surface area contributed by atoms with Gasteiger partial charge in [-0.15, -0.1) is 0 Å². The summed E-state index contributed by atoms with van der Waals surface area (Å²) >= 11 is 0. The third-order valence-corrected chi connectivity index (χ3v) is 4.87. The molecule has 1 amide bonds. The highest BCUT2D eigenvalue weighted by Gasteiger charge is 2.21. The summed E-state index contributed by atoms with van der Waals surface area (Å²) in [6, 6.07) is 16.1. The molecule has 8 heteroatoms. The topological polar surface area (TPSA) is 77.9 Å². The van der Waals surface area contributed by atoms with Crippen molar-refractivity contribution in [3.05, 3.63) is 89.8 Å². The molecule has 0 atom stereocenters. The molecular weight excluding hydrogens is 415 g/mol. The first-order chi connectivity index (χ1) is 15.6. The number of ether oxygens (including phenoxy) is 2. The SMILES string of the molecule is COc1ccc(OC)c(-c2cc(CN(Cc3ccco3)C(=O)c3cccc(F)c3)no2)c1. The molecular formula is C24H21FN2O5. The zero-order valence-electron chi connectivity index (χ0n) is 17.6. The molecule has 0 aliphatic carbocycles. The molecule has 4 aromatic rings. The van der Waals surface area contributed by atoms with Gasteiger partial charge in [-0.1, -0.05) is 11.2 Å². The number of nitrogens with zero attached hydrogens (tertiary/aromatic N) is 2. The number of hydrogen-bond acceptors (Lipinski definition) is 6. The van der Waals surface area contributed by atoms with Gasteiger partial charge in [-0.3, -0.25) is 4.79 Å². The number of furan rings is 1. The molecule has 2 aromatic carbocycles. The van der Waals surface area contributed by atoms with Gasteiger partial charge in [0, 0.05) is 11.6 Å². The molecule has 0 spiro atoms. The fourth-order valence-corrected chi connectivity index (χ4v) is 3.31. The van der Waals surface area contributed by atoms with Crippen molar-refractivity contribution in [2.45, 2.75) is 13.1 Å². The maximum absolute atomic E-state index is 13.7. The Bertz CT molecular complexity index is 1200. The zero-order valence-corrected chi connectivity index (χ0v) is 17.6. The second-order valence-corrected chi connectivity index (χ2v) is 7.00. The van der Waals surface area contributed by atoms with Crippen LogP contribution in [0.15, 0.2) is 75.9 Å². The lowest BCUT2D eigenvalue weighted by Crippen LogP contribution is -2.30. The fourth-order valence-electron chi connectivity index (χ4n) is 3.31. The van der Waals surface area contributed by atoms with Crippen molar-refractivity contribution in [2.75, 3.05) is 14.2 Å². The molecule has 0 saturated heterocycles. The maximum Gasteiger partial charge on any atom is 0.254 e. The van der Waals surface area contributed by atoms with Gasteiger partial charge < -0.3 is 23.3 Å². The van der Waals surface area contributed by atoms with E-state index in [-0.39, 0.29) is 24.6 Å². The lowest BCUT2D eigenvalue weighted by atomic mass is 10.1. The van der Waals surface area contributed by atoms with Gasteiger partial charge in [-0.05, 0) is 48.5 Å². The van der Waals surface area contributed by atoms with Gasteiger partial charge in [0.05, 0.1) is 39.1 Å². The number of halogens is 1.